The van der Waals surface area contributed by atoms with Crippen LogP contribution < -0.4 is 16.0 Å². The highest BCUT2D eigenvalue weighted by atomic mass is 127. The number of halogens is 1. The molecule has 0 aliphatic heterocycles. The van der Waals surface area contributed by atoms with Crippen LogP contribution in [0.1, 0.15) is 20.3 Å². The zero-order valence-electron chi connectivity index (χ0n) is 15.9. The van der Waals surface area contributed by atoms with Crippen LogP contribution in [0.25, 0.3) is 0 Å². The number of nitrogens with zero attached hydrogens (tertiary/aromatic N) is 3. The van der Waals surface area contributed by atoms with E-state index < -0.39 is 0 Å². The predicted molar refractivity (Wildman–Crippen MR) is 120 cm³/mol. The Hall–Kier alpha value is -1.77. The van der Waals surface area contributed by atoms with Crippen molar-refractivity contribution in [3.8, 4) is 0 Å². The molecule has 0 radical (unpaired) electrons. The molecule has 0 saturated carbocycles. The Morgan fingerprint density at radius 2 is 1.92 bits per heavy atom. The van der Waals surface area contributed by atoms with Crippen LogP contribution >= 0.6 is 24.0 Å². The minimum atomic E-state index is 0. The van der Waals surface area contributed by atoms with E-state index in [0.29, 0.717) is 12.0 Å². The Kier molecular flexibility index (Phi) is 10.8. The number of aliphatic imine (C=N–C) groups is 1. The Morgan fingerprint density at radius 1 is 1.15 bits per heavy atom. The molecule has 3 N–H and O–H groups in total. The first-order valence-electron chi connectivity index (χ1n) is 8.92. The fraction of sp³-hybridized carbons (Fsp3) is 0.474. The molecule has 0 amide bonds. The molecule has 0 aliphatic rings. The minimum Gasteiger partial charge on any atom is -0.380 e. The molecule has 1 aromatic carbocycles. The number of hydrogen-bond acceptors (Lipinski definition) is 3. The maximum atomic E-state index is 4.31. The van der Waals surface area contributed by atoms with E-state index in [1.165, 1.54) is 0 Å². The summed E-state index contributed by atoms with van der Waals surface area (Å²) in [5, 5.41) is 14.6. The van der Waals surface area contributed by atoms with Gasteiger partial charge >= 0.3 is 0 Å². The summed E-state index contributed by atoms with van der Waals surface area (Å²) < 4.78 is 1.94. The van der Waals surface area contributed by atoms with Gasteiger partial charge in [-0.1, -0.05) is 32.0 Å². The molecule has 1 aromatic heterocycles. The van der Waals surface area contributed by atoms with Gasteiger partial charge in [0.15, 0.2) is 5.96 Å². The van der Waals surface area contributed by atoms with Gasteiger partial charge in [-0.15, -0.1) is 24.0 Å². The van der Waals surface area contributed by atoms with Crippen molar-refractivity contribution < 1.29 is 0 Å². The van der Waals surface area contributed by atoms with Crippen molar-refractivity contribution in [3.63, 3.8) is 0 Å². The first kappa shape index (κ1) is 22.3. The van der Waals surface area contributed by atoms with Crippen molar-refractivity contribution in [2.75, 3.05) is 25.5 Å². The third-order valence-corrected chi connectivity index (χ3v) is 4.06. The summed E-state index contributed by atoms with van der Waals surface area (Å²) in [5.74, 6) is 1.34. The second-order valence-corrected chi connectivity index (χ2v) is 6.36. The molecular formula is C19H31IN6. The minimum absolute atomic E-state index is 0. The van der Waals surface area contributed by atoms with Gasteiger partial charge in [-0.25, -0.2) is 0 Å². The van der Waals surface area contributed by atoms with Gasteiger partial charge in [-0.05, 0) is 30.5 Å². The molecular weight excluding hydrogens is 439 g/mol. The number of hydrogen-bond donors (Lipinski definition) is 3. The van der Waals surface area contributed by atoms with Crippen molar-refractivity contribution in [2.24, 2.45) is 10.9 Å². The van der Waals surface area contributed by atoms with Gasteiger partial charge < -0.3 is 16.0 Å². The fourth-order valence-corrected chi connectivity index (χ4v) is 2.51. The average molecular weight is 470 g/mol. The van der Waals surface area contributed by atoms with Crippen LogP contribution in [0.15, 0.2) is 53.8 Å². The second kappa shape index (κ2) is 12.6. The normalized spacial score (nSPS) is 12.4. The van der Waals surface area contributed by atoms with Crippen molar-refractivity contribution in [1.29, 1.82) is 0 Å². The SMILES string of the molecule is CN=C(NCCCn1cccn1)NCC(Nc1ccccc1)C(C)C.I. The molecule has 26 heavy (non-hydrogen) atoms. The quantitative estimate of drug-likeness (QED) is 0.228. The lowest BCUT2D eigenvalue weighted by molar-refractivity contribution is 0.511. The number of guanidine groups is 1. The molecule has 7 heteroatoms. The molecule has 0 spiro atoms. The number of aromatic nitrogens is 2. The third-order valence-electron chi connectivity index (χ3n) is 4.06. The summed E-state index contributed by atoms with van der Waals surface area (Å²) >= 11 is 0. The van der Waals surface area contributed by atoms with Crippen LogP contribution in [-0.4, -0.2) is 41.9 Å². The maximum absolute atomic E-state index is 4.31. The van der Waals surface area contributed by atoms with Gasteiger partial charge in [-0.3, -0.25) is 9.67 Å². The standard InChI is InChI=1S/C19H30N6.HI/c1-16(2)18(24-17-9-5-4-6-10-17)15-22-19(20-3)21-11-7-13-25-14-8-12-23-25;/h4-6,8-10,12,14,16,18,24H,7,11,13,15H2,1-3H3,(H2,20,21,22);1H. The lowest BCUT2D eigenvalue weighted by Gasteiger charge is -2.25. The highest BCUT2D eigenvalue weighted by Gasteiger charge is 2.13. The molecule has 0 fully saturated rings. The first-order valence-corrected chi connectivity index (χ1v) is 8.92. The van der Waals surface area contributed by atoms with Gasteiger partial charge in [0, 0.05) is 50.8 Å². The molecule has 1 unspecified atom stereocenters. The van der Waals surface area contributed by atoms with E-state index >= 15 is 0 Å². The van der Waals surface area contributed by atoms with Crippen LogP contribution in [0.4, 0.5) is 5.69 Å². The van der Waals surface area contributed by atoms with Crippen molar-refractivity contribution >= 4 is 35.6 Å². The fourth-order valence-electron chi connectivity index (χ4n) is 2.51. The van der Waals surface area contributed by atoms with Gasteiger partial charge in [0.25, 0.3) is 0 Å². The van der Waals surface area contributed by atoms with Crippen molar-refractivity contribution in [2.45, 2.75) is 32.9 Å². The molecule has 144 valence electrons. The Labute approximate surface area is 173 Å². The van der Waals surface area contributed by atoms with E-state index in [9.17, 15) is 0 Å². The number of benzene rings is 1. The van der Waals surface area contributed by atoms with Crippen LogP contribution in [0.5, 0.6) is 0 Å². The van der Waals surface area contributed by atoms with Crippen LogP contribution in [0, 0.1) is 5.92 Å². The molecule has 1 heterocycles. The number of rotatable bonds is 9. The van der Waals surface area contributed by atoms with Gasteiger partial charge in [0.05, 0.1) is 0 Å². The summed E-state index contributed by atoms with van der Waals surface area (Å²) in [7, 11) is 1.80. The molecule has 0 aliphatic carbocycles. The van der Waals surface area contributed by atoms with Crippen molar-refractivity contribution in [3.05, 3.63) is 48.8 Å². The maximum Gasteiger partial charge on any atom is 0.191 e. The van der Waals surface area contributed by atoms with E-state index in [1.807, 2.05) is 35.1 Å². The zero-order valence-corrected chi connectivity index (χ0v) is 18.2. The van der Waals surface area contributed by atoms with Crippen molar-refractivity contribution in [1.82, 2.24) is 20.4 Å². The van der Waals surface area contributed by atoms with Crippen LogP contribution in [0.2, 0.25) is 0 Å². The van der Waals surface area contributed by atoms with E-state index in [1.54, 1.807) is 13.2 Å². The molecule has 2 aromatic rings. The Morgan fingerprint density at radius 3 is 2.54 bits per heavy atom. The molecule has 0 bridgehead atoms. The van der Waals surface area contributed by atoms with Crippen LogP contribution in [-0.2, 0) is 6.54 Å². The van der Waals surface area contributed by atoms with E-state index in [-0.39, 0.29) is 24.0 Å². The second-order valence-electron chi connectivity index (χ2n) is 6.36. The topological polar surface area (TPSA) is 66.3 Å². The lowest BCUT2D eigenvalue weighted by Crippen LogP contribution is -2.45. The summed E-state index contributed by atoms with van der Waals surface area (Å²) in [6.07, 6.45) is 4.79. The number of aryl methyl sites for hydroxylation is 1. The van der Waals surface area contributed by atoms with Gasteiger partial charge in [-0.2, -0.15) is 5.10 Å². The smallest absolute Gasteiger partial charge is 0.191 e. The Bertz CT molecular complexity index is 612. The molecule has 2 rings (SSSR count). The molecule has 0 saturated heterocycles. The molecule has 1 atom stereocenters. The summed E-state index contributed by atoms with van der Waals surface area (Å²) in [6.45, 7) is 7.02. The number of para-hydroxylation sites is 1. The first-order chi connectivity index (χ1) is 12.2. The van der Waals surface area contributed by atoms with E-state index in [2.05, 4.69) is 52.0 Å². The summed E-state index contributed by atoms with van der Waals surface area (Å²) in [6, 6.07) is 12.6. The van der Waals surface area contributed by atoms with Crippen LogP contribution in [0.3, 0.4) is 0 Å². The Balaban J connectivity index is 0.00000338. The summed E-state index contributed by atoms with van der Waals surface area (Å²) in [4.78, 5) is 4.31. The predicted octanol–water partition coefficient (Wildman–Crippen LogP) is 3.19. The molecule has 6 nitrogen and oxygen atoms in total. The highest BCUT2D eigenvalue weighted by molar-refractivity contribution is 14.0. The lowest BCUT2D eigenvalue weighted by atomic mass is 10.0. The largest absolute Gasteiger partial charge is 0.380 e. The van der Waals surface area contributed by atoms with E-state index in [4.69, 9.17) is 0 Å². The monoisotopic (exact) mass is 470 g/mol. The summed E-state index contributed by atoms with van der Waals surface area (Å²) in [5.41, 5.74) is 1.14. The average Bonchev–Trinajstić information content (AvgIpc) is 3.14. The van der Waals surface area contributed by atoms with Gasteiger partial charge in [0.1, 0.15) is 0 Å². The zero-order chi connectivity index (χ0) is 17.9. The number of nitrogens with one attached hydrogen (secondary N) is 3. The third kappa shape index (κ3) is 8.07. The van der Waals surface area contributed by atoms with Gasteiger partial charge in [0.2, 0.25) is 0 Å². The highest BCUT2D eigenvalue weighted by Crippen LogP contribution is 2.11. The number of anilines is 1. The van der Waals surface area contributed by atoms with E-state index in [0.717, 1.165) is 37.7 Å².